The van der Waals surface area contributed by atoms with Crippen LogP contribution in [0.15, 0.2) is 24.3 Å². The van der Waals surface area contributed by atoms with Crippen molar-refractivity contribution in [2.45, 2.75) is 26.7 Å². The van der Waals surface area contributed by atoms with Crippen LogP contribution < -0.4 is 0 Å². The maximum Gasteiger partial charge on any atom is 0.336 e. The fourth-order valence-corrected chi connectivity index (χ4v) is 2.72. The average Bonchev–Trinajstić information content (AvgIpc) is 2.97. The third-order valence-electron chi connectivity index (χ3n) is 4.24. The van der Waals surface area contributed by atoms with Crippen LogP contribution in [-0.4, -0.2) is 52.8 Å². The molecule has 1 aliphatic heterocycles. The smallest absolute Gasteiger partial charge is 0.336 e. The van der Waals surface area contributed by atoms with Crippen LogP contribution in [0.25, 0.3) is 0 Å². The molecule has 21 heavy (non-hydrogen) atoms. The molecule has 0 unspecified atom stereocenters. The predicted octanol–water partition coefficient (Wildman–Crippen LogP) is 2.72. The molecule has 1 aromatic carbocycles. The number of likely N-dealkylation sites (tertiary alicyclic amines) is 1. The van der Waals surface area contributed by atoms with Gasteiger partial charge in [-0.3, -0.25) is 0 Å². The molecule has 0 aromatic heterocycles. The summed E-state index contributed by atoms with van der Waals surface area (Å²) < 4.78 is 1.39. The number of carboxylic acid groups (broad SMARTS) is 2. The molecule has 1 fully saturated rings. The van der Waals surface area contributed by atoms with E-state index in [9.17, 15) is 9.59 Å². The van der Waals surface area contributed by atoms with Crippen molar-refractivity contribution in [3.05, 3.63) is 35.4 Å². The van der Waals surface area contributed by atoms with E-state index in [1.165, 1.54) is 67.8 Å². The first-order chi connectivity index (χ1) is 9.95. The van der Waals surface area contributed by atoms with E-state index in [0.717, 1.165) is 0 Å². The normalized spacial score (nSPS) is 15.9. The monoisotopic (exact) mass is 294 g/mol. The van der Waals surface area contributed by atoms with E-state index in [2.05, 4.69) is 13.8 Å². The minimum absolute atomic E-state index is 0.190. The van der Waals surface area contributed by atoms with Crippen molar-refractivity contribution >= 4 is 11.9 Å². The molecule has 0 spiro atoms. The van der Waals surface area contributed by atoms with Crippen molar-refractivity contribution in [1.82, 2.24) is 0 Å². The molecule has 1 aliphatic rings. The lowest BCUT2D eigenvalue weighted by molar-refractivity contribution is -0.913. The summed E-state index contributed by atoms with van der Waals surface area (Å²) in [4.78, 5) is 20.9. The summed E-state index contributed by atoms with van der Waals surface area (Å²) >= 11 is 0. The molecule has 5 heteroatoms. The van der Waals surface area contributed by atoms with E-state index in [-0.39, 0.29) is 11.1 Å². The van der Waals surface area contributed by atoms with Gasteiger partial charge in [0.05, 0.1) is 37.3 Å². The lowest BCUT2D eigenvalue weighted by Gasteiger charge is -2.31. The Kier molecular flexibility index (Phi) is 6.37. The van der Waals surface area contributed by atoms with E-state index in [4.69, 9.17) is 10.2 Å². The van der Waals surface area contributed by atoms with Crippen molar-refractivity contribution in [2.24, 2.45) is 0 Å². The van der Waals surface area contributed by atoms with Gasteiger partial charge in [-0.1, -0.05) is 12.1 Å². The van der Waals surface area contributed by atoms with Crippen LogP contribution in [0.1, 0.15) is 47.4 Å². The third kappa shape index (κ3) is 4.56. The number of rotatable bonds is 4. The lowest BCUT2D eigenvalue weighted by atomic mass is 10.1. The Morgan fingerprint density at radius 2 is 1.33 bits per heavy atom. The topological polar surface area (TPSA) is 74.6 Å². The van der Waals surface area contributed by atoms with Crippen molar-refractivity contribution in [1.29, 1.82) is 0 Å². The first-order valence-electron chi connectivity index (χ1n) is 7.36. The Bertz CT molecular complexity index is 454. The number of quaternary nitrogens is 1. The van der Waals surface area contributed by atoms with Crippen molar-refractivity contribution in [3.8, 4) is 0 Å². The summed E-state index contributed by atoms with van der Waals surface area (Å²) in [7, 11) is 0. The number of nitrogens with zero attached hydrogens (tertiary/aromatic N) is 1. The second kappa shape index (κ2) is 7.78. The van der Waals surface area contributed by atoms with Gasteiger partial charge in [-0.15, -0.1) is 0 Å². The molecule has 2 rings (SSSR count). The summed E-state index contributed by atoms with van der Waals surface area (Å²) in [6, 6.07) is 5.48. The molecule has 116 valence electrons. The minimum Gasteiger partial charge on any atom is -0.478 e. The van der Waals surface area contributed by atoms with Gasteiger partial charge >= 0.3 is 11.9 Å². The summed E-state index contributed by atoms with van der Waals surface area (Å²) in [5.74, 6) is -2.46. The standard InChI is InChI=1S/C8H18N.C8H6O4/c1-3-9(4-2)7-5-6-8-9;9-7(10)5-3-1-2-4-6(5)8(11)12/h3-8H2,1-2H3;1-4H,(H,9,10)(H,11,12)/q+1;. The van der Waals surface area contributed by atoms with Gasteiger partial charge in [-0.05, 0) is 26.0 Å². The summed E-state index contributed by atoms with van der Waals surface area (Å²) in [5, 5.41) is 17.1. The van der Waals surface area contributed by atoms with Crippen LogP contribution in [0, 0.1) is 0 Å². The number of hydrogen-bond acceptors (Lipinski definition) is 2. The lowest BCUT2D eigenvalue weighted by Crippen LogP contribution is -2.44. The molecule has 0 saturated carbocycles. The molecular formula is C16H24NO4+. The summed E-state index contributed by atoms with van der Waals surface area (Å²) in [6.07, 6.45) is 2.92. The highest BCUT2D eigenvalue weighted by Crippen LogP contribution is 2.17. The third-order valence-corrected chi connectivity index (χ3v) is 4.24. The van der Waals surface area contributed by atoms with Gasteiger partial charge in [-0.2, -0.15) is 0 Å². The Hall–Kier alpha value is -1.88. The summed E-state index contributed by atoms with van der Waals surface area (Å²) in [6.45, 7) is 10.2. The quantitative estimate of drug-likeness (QED) is 0.837. The molecule has 1 saturated heterocycles. The van der Waals surface area contributed by atoms with E-state index in [1.54, 1.807) is 0 Å². The molecule has 0 bridgehead atoms. The van der Waals surface area contributed by atoms with E-state index in [0.29, 0.717) is 0 Å². The highest BCUT2D eigenvalue weighted by Gasteiger charge is 2.27. The van der Waals surface area contributed by atoms with Gasteiger partial charge < -0.3 is 14.7 Å². The van der Waals surface area contributed by atoms with Gasteiger partial charge in [0.1, 0.15) is 0 Å². The molecule has 2 N–H and O–H groups in total. The highest BCUT2D eigenvalue weighted by atomic mass is 16.4. The molecule has 0 aliphatic carbocycles. The first kappa shape index (κ1) is 17.2. The number of benzene rings is 1. The minimum atomic E-state index is -1.23. The largest absolute Gasteiger partial charge is 0.478 e. The molecule has 1 heterocycles. The molecule has 1 aromatic rings. The molecule has 5 nitrogen and oxygen atoms in total. The molecule has 0 radical (unpaired) electrons. The number of hydrogen-bond donors (Lipinski definition) is 2. The Morgan fingerprint density at radius 1 is 0.952 bits per heavy atom. The van der Waals surface area contributed by atoms with Crippen LogP contribution in [-0.2, 0) is 0 Å². The van der Waals surface area contributed by atoms with Gasteiger partial charge in [0.25, 0.3) is 0 Å². The Labute approximate surface area is 125 Å². The van der Waals surface area contributed by atoms with Crippen LogP contribution in [0.3, 0.4) is 0 Å². The van der Waals surface area contributed by atoms with Crippen LogP contribution in [0.5, 0.6) is 0 Å². The predicted molar refractivity (Wildman–Crippen MR) is 80.7 cm³/mol. The van der Waals surface area contributed by atoms with Crippen LogP contribution in [0.2, 0.25) is 0 Å². The maximum atomic E-state index is 10.5. The second-order valence-corrected chi connectivity index (χ2v) is 5.28. The second-order valence-electron chi connectivity index (χ2n) is 5.28. The van der Waals surface area contributed by atoms with E-state index < -0.39 is 11.9 Å². The van der Waals surface area contributed by atoms with Crippen LogP contribution >= 0.6 is 0 Å². The summed E-state index contributed by atoms with van der Waals surface area (Å²) in [5.41, 5.74) is -0.380. The zero-order valence-electron chi connectivity index (χ0n) is 12.7. The van der Waals surface area contributed by atoms with Gasteiger partial charge in [-0.25, -0.2) is 9.59 Å². The molecular weight excluding hydrogens is 270 g/mol. The van der Waals surface area contributed by atoms with Crippen LogP contribution in [0.4, 0.5) is 0 Å². The first-order valence-corrected chi connectivity index (χ1v) is 7.36. The molecule has 0 atom stereocenters. The fraction of sp³-hybridized carbons (Fsp3) is 0.500. The Morgan fingerprint density at radius 3 is 1.57 bits per heavy atom. The number of carbonyl (C=O) groups is 2. The number of aromatic carboxylic acids is 2. The van der Waals surface area contributed by atoms with Gasteiger partial charge in [0.2, 0.25) is 0 Å². The zero-order valence-corrected chi connectivity index (χ0v) is 12.7. The number of carboxylic acids is 2. The SMILES string of the molecule is CC[N+]1(CC)CCCC1.O=C(O)c1ccccc1C(=O)O. The highest BCUT2D eigenvalue weighted by molar-refractivity contribution is 6.01. The van der Waals surface area contributed by atoms with Crippen molar-refractivity contribution in [2.75, 3.05) is 26.2 Å². The maximum absolute atomic E-state index is 10.5. The Balaban J connectivity index is 0.000000219. The van der Waals surface area contributed by atoms with Crippen molar-refractivity contribution in [3.63, 3.8) is 0 Å². The molecule has 0 amide bonds. The fourth-order valence-electron chi connectivity index (χ4n) is 2.72. The van der Waals surface area contributed by atoms with E-state index in [1.807, 2.05) is 0 Å². The van der Waals surface area contributed by atoms with Crippen molar-refractivity contribution < 1.29 is 24.3 Å². The van der Waals surface area contributed by atoms with Gasteiger partial charge in [0, 0.05) is 12.8 Å². The average molecular weight is 294 g/mol. The van der Waals surface area contributed by atoms with Gasteiger partial charge in [0.15, 0.2) is 0 Å². The zero-order chi connectivity index (χ0) is 15.9. The van der Waals surface area contributed by atoms with E-state index >= 15 is 0 Å².